The first-order valence-corrected chi connectivity index (χ1v) is 12.6. The Morgan fingerprint density at radius 2 is 2.08 bits per heavy atom. The zero-order valence-electron chi connectivity index (χ0n) is 20.2. The summed E-state index contributed by atoms with van der Waals surface area (Å²) in [5, 5.41) is 4.77. The zero-order chi connectivity index (χ0) is 25.2. The molecule has 4 aromatic rings. The normalized spacial score (nSPS) is 13.1. The Morgan fingerprint density at radius 3 is 2.83 bits per heavy atom. The fourth-order valence-electron chi connectivity index (χ4n) is 3.91. The molecule has 0 saturated carbocycles. The monoisotopic (exact) mass is 520 g/mol. The van der Waals surface area contributed by atoms with Gasteiger partial charge < -0.3 is 19.9 Å². The number of aromatic nitrogens is 3. The molecular weight excluding hydrogens is 496 g/mol. The van der Waals surface area contributed by atoms with Crippen molar-refractivity contribution in [2.45, 2.75) is 20.0 Å². The molecule has 1 N–H and O–H groups in total. The van der Waals surface area contributed by atoms with Crippen LogP contribution in [0.15, 0.2) is 55.0 Å². The van der Waals surface area contributed by atoms with Crippen LogP contribution in [0.5, 0.6) is 11.5 Å². The Labute approximate surface area is 218 Å². The summed E-state index contributed by atoms with van der Waals surface area (Å²) in [5.74, 6) is 1.84. The van der Waals surface area contributed by atoms with Crippen molar-refractivity contribution < 1.29 is 9.53 Å². The lowest BCUT2D eigenvalue weighted by Gasteiger charge is -2.14. The Balaban J connectivity index is 1.35. The number of hydrogen-bond donors (Lipinski definition) is 1. The molecule has 1 aromatic carbocycles. The molecule has 0 fully saturated rings. The molecule has 1 aliphatic heterocycles. The molecule has 0 atom stereocenters. The predicted molar refractivity (Wildman–Crippen MR) is 143 cm³/mol. The number of thiophene rings is 1. The number of likely N-dealkylation sites (N-methyl/N-ethyl adjacent to an activating group) is 1. The molecule has 0 spiro atoms. The molecule has 10 heteroatoms. The number of fused-ring (bicyclic) bond motifs is 3. The second-order valence-electron chi connectivity index (χ2n) is 8.77. The van der Waals surface area contributed by atoms with E-state index >= 15 is 0 Å². The Morgan fingerprint density at radius 1 is 1.22 bits per heavy atom. The van der Waals surface area contributed by atoms with Crippen molar-refractivity contribution in [2.24, 2.45) is 0 Å². The van der Waals surface area contributed by atoms with E-state index in [0.29, 0.717) is 35.4 Å². The number of nitrogens with one attached hydrogen (secondary N) is 1. The van der Waals surface area contributed by atoms with Gasteiger partial charge in [-0.15, -0.1) is 11.3 Å². The molecule has 184 valence electrons. The van der Waals surface area contributed by atoms with Crippen LogP contribution in [0.1, 0.15) is 16.1 Å². The third-order valence-corrected chi connectivity index (χ3v) is 7.12. The van der Waals surface area contributed by atoms with Gasteiger partial charge in [-0.3, -0.25) is 9.78 Å². The van der Waals surface area contributed by atoms with Crippen LogP contribution in [-0.2, 0) is 17.9 Å². The number of benzene rings is 1. The first kappa shape index (κ1) is 24.2. The summed E-state index contributed by atoms with van der Waals surface area (Å²) >= 11 is 8.11. The molecule has 0 radical (unpaired) electrons. The average molecular weight is 521 g/mol. The fraction of sp³-hybridized carbons (Fsp3) is 0.231. The third kappa shape index (κ3) is 5.18. The molecule has 0 unspecified atom stereocenters. The lowest BCUT2D eigenvalue weighted by Crippen LogP contribution is -2.23. The van der Waals surface area contributed by atoms with E-state index in [1.165, 1.54) is 0 Å². The van der Waals surface area contributed by atoms with Gasteiger partial charge in [-0.25, -0.2) is 9.97 Å². The molecule has 1 aliphatic rings. The van der Waals surface area contributed by atoms with Gasteiger partial charge in [-0.05, 0) is 51.4 Å². The second-order valence-corrected chi connectivity index (χ2v) is 10.3. The predicted octanol–water partition coefficient (Wildman–Crippen LogP) is 5.54. The van der Waals surface area contributed by atoms with Crippen LogP contribution in [0, 0.1) is 6.92 Å². The number of ether oxygens (including phenoxy) is 1. The van der Waals surface area contributed by atoms with E-state index in [1.807, 2.05) is 55.1 Å². The van der Waals surface area contributed by atoms with Crippen molar-refractivity contribution >= 4 is 50.6 Å². The van der Waals surface area contributed by atoms with Crippen LogP contribution in [0.4, 0.5) is 11.5 Å². The van der Waals surface area contributed by atoms with E-state index in [4.69, 9.17) is 16.3 Å². The van der Waals surface area contributed by atoms with Crippen molar-refractivity contribution in [3.8, 4) is 11.5 Å². The summed E-state index contributed by atoms with van der Waals surface area (Å²) < 4.78 is 5.87. The average Bonchev–Trinajstić information content (AvgIpc) is 3.40. The summed E-state index contributed by atoms with van der Waals surface area (Å²) in [7, 11) is 3.94. The van der Waals surface area contributed by atoms with Gasteiger partial charge in [-0.2, -0.15) is 0 Å². The summed E-state index contributed by atoms with van der Waals surface area (Å²) in [5.41, 5.74) is 2.77. The van der Waals surface area contributed by atoms with Gasteiger partial charge in [0.2, 0.25) is 5.91 Å². The highest BCUT2D eigenvalue weighted by Gasteiger charge is 2.28. The standard InChI is InChI=1S/C26H25ClN6O2S/c1-16-6-8-18(12-28-16)35-21-9-7-17(11-20(21)27)31-25-24-19-13-33(23(34)5-4-10-32(2)3)14-22(19)36-26(24)30-15-29-25/h4-9,11-12,15H,10,13-14H2,1-3H3,(H,29,30,31)/b5-4+. The van der Waals surface area contributed by atoms with Gasteiger partial charge in [0.1, 0.15) is 28.5 Å². The maximum absolute atomic E-state index is 12.7. The number of pyridine rings is 1. The van der Waals surface area contributed by atoms with Gasteiger partial charge in [-0.1, -0.05) is 17.7 Å². The summed E-state index contributed by atoms with van der Waals surface area (Å²) in [4.78, 5) is 31.8. The lowest BCUT2D eigenvalue weighted by atomic mass is 10.2. The van der Waals surface area contributed by atoms with Crippen molar-refractivity contribution in [3.63, 3.8) is 0 Å². The van der Waals surface area contributed by atoms with E-state index in [1.54, 1.807) is 42.1 Å². The van der Waals surface area contributed by atoms with Gasteiger partial charge in [0.05, 0.1) is 23.2 Å². The number of anilines is 2. The molecule has 4 heterocycles. The summed E-state index contributed by atoms with van der Waals surface area (Å²) in [6.45, 7) is 3.75. The SMILES string of the molecule is Cc1ccc(Oc2ccc(Nc3ncnc4sc5c(c34)CN(C(=O)/C=C/CN(C)C)C5)cc2Cl)cn1. The van der Waals surface area contributed by atoms with Crippen molar-refractivity contribution in [1.82, 2.24) is 24.8 Å². The van der Waals surface area contributed by atoms with Crippen LogP contribution < -0.4 is 10.1 Å². The highest BCUT2D eigenvalue weighted by molar-refractivity contribution is 7.19. The Kier molecular flexibility index (Phi) is 6.86. The molecule has 0 aliphatic carbocycles. The highest BCUT2D eigenvalue weighted by Crippen LogP contribution is 2.40. The molecule has 0 saturated heterocycles. The van der Waals surface area contributed by atoms with E-state index in [9.17, 15) is 4.79 Å². The zero-order valence-corrected chi connectivity index (χ0v) is 21.7. The minimum Gasteiger partial charge on any atom is -0.454 e. The van der Waals surface area contributed by atoms with E-state index < -0.39 is 0 Å². The fourth-order valence-corrected chi connectivity index (χ4v) is 5.30. The van der Waals surface area contributed by atoms with Gasteiger partial charge >= 0.3 is 0 Å². The third-order valence-electron chi connectivity index (χ3n) is 5.70. The van der Waals surface area contributed by atoms with Crippen molar-refractivity contribution in [1.29, 1.82) is 0 Å². The maximum Gasteiger partial charge on any atom is 0.246 e. The van der Waals surface area contributed by atoms with Crippen LogP contribution in [0.2, 0.25) is 5.02 Å². The second kappa shape index (κ2) is 10.2. The van der Waals surface area contributed by atoms with E-state index in [0.717, 1.165) is 38.6 Å². The van der Waals surface area contributed by atoms with Gasteiger partial charge in [0, 0.05) is 41.0 Å². The maximum atomic E-state index is 12.7. The lowest BCUT2D eigenvalue weighted by molar-refractivity contribution is -0.126. The highest BCUT2D eigenvalue weighted by atomic mass is 35.5. The number of nitrogens with zero attached hydrogens (tertiary/aromatic N) is 5. The largest absolute Gasteiger partial charge is 0.454 e. The van der Waals surface area contributed by atoms with Crippen LogP contribution >= 0.6 is 22.9 Å². The van der Waals surface area contributed by atoms with Crippen molar-refractivity contribution in [2.75, 3.05) is 26.0 Å². The first-order chi connectivity index (χ1) is 17.4. The van der Waals surface area contributed by atoms with Crippen molar-refractivity contribution in [3.05, 3.63) is 76.2 Å². The number of aryl methyl sites for hydroxylation is 1. The molecule has 8 nitrogen and oxygen atoms in total. The van der Waals surface area contributed by atoms with Crippen LogP contribution in [-0.4, -0.2) is 51.3 Å². The molecule has 3 aromatic heterocycles. The smallest absolute Gasteiger partial charge is 0.246 e. The topological polar surface area (TPSA) is 83.5 Å². The molecule has 5 rings (SSSR count). The quantitative estimate of drug-likeness (QED) is 0.320. The van der Waals surface area contributed by atoms with Gasteiger partial charge in [0.25, 0.3) is 0 Å². The summed E-state index contributed by atoms with van der Waals surface area (Å²) in [6, 6.07) is 9.22. The minimum atomic E-state index is 0.00547. The molecular formula is C26H25ClN6O2S. The molecule has 1 amide bonds. The number of carbonyl (C=O) groups is 1. The number of amides is 1. The first-order valence-electron chi connectivity index (χ1n) is 11.4. The number of halogens is 1. The number of rotatable bonds is 7. The Hall–Kier alpha value is -3.53. The Bertz CT molecular complexity index is 1450. The number of hydrogen-bond acceptors (Lipinski definition) is 8. The molecule has 36 heavy (non-hydrogen) atoms. The van der Waals surface area contributed by atoms with Crippen LogP contribution in [0.25, 0.3) is 10.2 Å². The summed E-state index contributed by atoms with van der Waals surface area (Å²) in [6.07, 6.45) is 6.74. The molecule has 0 bridgehead atoms. The van der Waals surface area contributed by atoms with E-state index in [2.05, 4.69) is 20.3 Å². The van der Waals surface area contributed by atoms with E-state index in [-0.39, 0.29) is 5.91 Å². The number of carbonyl (C=O) groups excluding carboxylic acids is 1. The van der Waals surface area contributed by atoms with Gasteiger partial charge in [0.15, 0.2) is 0 Å². The van der Waals surface area contributed by atoms with Crippen LogP contribution in [0.3, 0.4) is 0 Å². The minimum absolute atomic E-state index is 0.00547.